The Bertz CT molecular complexity index is 1980. The number of methoxy groups -OCH3 is 1. The average molecular weight is 1640 g/mol. The number of aliphatic hydroxyl groups is 2. The number of carbonyl (C=O) groups is 2. The van der Waals surface area contributed by atoms with Crippen molar-refractivity contribution in [3.05, 3.63) is 82.2 Å². The molecule has 388 valence electrons. The Labute approximate surface area is 570 Å². The third-order valence-electron chi connectivity index (χ3n) is 7.05. The zero-order chi connectivity index (χ0) is 53.3. The molecule has 12 unspecified atom stereocenters. The van der Waals surface area contributed by atoms with Gasteiger partial charge >= 0.3 is 145 Å². The summed E-state index contributed by atoms with van der Waals surface area (Å²) in [6, 6.07) is 7.13. The molecule has 4 rings (SSSR count). The zero-order valence-electron chi connectivity index (χ0n) is 40.2. The van der Waals surface area contributed by atoms with Crippen molar-refractivity contribution in [2.45, 2.75) is 58.8 Å². The first kappa shape index (κ1) is 84.6. The predicted octanol–water partition coefficient (Wildman–Crippen LogP) is 7.70. The summed E-state index contributed by atoms with van der Waals surface area (Å²) >= 11 is 3.16. The van der Waals surface area contributed by atoms with Crippen molar-refractivity contribution >= 4 is 194 Å². The summed E-state index contributed by atoms with van der Waals surface area (Å²) in [4.78, 5) is 21.8. The van der Waals surface area contributed by atoms with Crippen LogP contribution < -0.4 is 153 Å². The standard InChI is InChI=1S/C14H14F2N2O2.C7H7BF2O3.C5H12O.C3H3BrN2.CH2O3.2Cs.H21P19.H/c1-14(2,20)8-18-4-3-13(17-18)9-5-11(15)10(7-19)12(16)6-9;1-13-7-5(9)2-4(8(11)12)3-6(7)10;1-4-5(2,3)6;4-3-1-2-5-6-3;2-1-4-3;;;1-11-16(10)19(17(12(2)3)13(4)5)18(14(6)7)15(8)9;/h3-7,20H,8H2,1-2H3;2-3,11-12H,1H3;6H,4H2,1-3H3;1-2H,(H,5,6);1,3H;;;11H,1-10H2;/q;;;;;2*+1;;-1/p-1. The van der Waals surface area contributed by atoms with Gasteiger partial charge in [0.25, 0.3) is 6.47 Å². The zero-order valence-corrected chi connectivity index (χ0v) is 73.0. The van der Waals surface area contributed by atoms with E-state index >= 15 is 0 Å². The summed E-state index contributed by atoms with van der Waals surface area (Å²) in [5, 5.41) is 54.6. The van der Waals surface area contributed by atoms with Crippen molar-refractivity contribution in [3.63, 3.8) is 0 Å². The van der Waals surface area contributed by atoms with Crippen LogP contribution >= 0.6 is 169 Å². The van der Waals surface area contributed by atoms with E-state index in [1.807, 2.05) is 13.0 Å². The summed E-state index contributed by atoms with van der Waals surface area (Å²) in [6.07, 6.45) is 4.26. The molecule has 0 saturated carbocycles. The van der Waals surface area contributed by atoms with E-state index in [9.17, 15) is 27.5 Å². The second-order valence-corrected chi connectivity index (χ2v) is 87.3. The molecule has 2 heterocycles. The summed E-state index contributed by atoms with van der Waals surface area (Å²) in [6.45, 7) is 9.75. The molecule has 0 saturated heterocycles. The molecule has 13 nitrogen and oxygen atoms in total. The van der Waals surface area contributed by atoms with E-state index in [4.69, 9.17) is 25.2 Å². The normalized spacial score (nSPS) is 11.5. The SMILES string of the molecule is Brc1ccn[nH]1.CC(C)(O)Cn1ccc(-c2cc(F)c(C=O)c(F)c2)n1.CCC(C)(C)O.COc1c(F)cc(B(O)O)cc1F.O=CO[O-].PPP(P)P(P(P(P)P)P(P)P)P(P(P)P)P(P)P.[Cs+].[Cs+].[H-]. The van der Waals surface area contributed by atoms with Crippen LogP contribution in [0.2, 0.25) is 0 Å². The maximum absolute atomic E-state index is 13.5. The minimum absolute atomic E-state index is 0. The maximum Gasteiger partial charge on any atom is 1.00 e. The number of H-pyrrole nitrogens is 1. The summed E-state index contributed by atoms with van der Waals surface area (Å²) in [5.41, 5.74) is -1.65. The predicted molar refractivity (Wildman–Crippen MR) is 334 cm³/mol. The smallest absolute Gasteiger partial charge is 1.00 e. The fourth-order valence-electron chi connectivity index (χ4n) is 3.91. The monoisotopic (exact) mass is 1640 g/mol. The van der Waals surface area contributed by atoms with Crippen LogP contribution in [0.1, 0.15) is 52.8 Å². The number of ether oxygens (including phenoxy) is 1. The van der Waals surface area contributed by atoms with Gasteiger partial charge in [-0.2, -0.15) is 10.2 Å². The van der Waals surface area contributed by atoms with Crippen LogP contribution in [0.25, 0.3) is 11.3 Å². The second kappa shape index (κ2) is 46.4. The number of hydrogen-bond donors (Lipinski definition) is 5. The topological polar surface area (TPSA) is 203 Å². The number of aromatic amines is 1. The first-order valence-electron chi connectivity index (χ1n) is 18.2. The summed E-state index contributed by atoms with van der Waals surface area (Å²) < 4.78 is 59.6. The van der Waals surface area contributed by atoms with Crippen LogP contribution in [0.4, 0.5) is 17.6 Å². The van der Waals surface area contributed by atoms with Crippen LogP contribution in [0.5, 0.6) is 5.75 Å². The van der Waals surface area contributed by atoms with Gasteiger partial charge in [-0.05, 0) is 148 Å². The maximum atomic E-state index is 13.5. The molecule has 2 aromatic heterocycles. The van der Waals surface area contributed by atoms with Gasteiger partial charge in [0.05, 0.1) is 36.1 Å². The van der Waals surface area contributed by atoms with Crippen LogP contribution in [0, 0.1) is 23.3 Å². The molecule has 12 atom stereocenters. The van der Waals surface area contributed by atoms with Gasteiger partial charge in [-0.15, -0.1) is 89.3 Å². The molecule has 0 radical (unpaired) electrons. The molecule has 2 aromatic carbocycles. The Kier molecular flexibility index (Phi) is 56.1. The van der Waals surface area contributed by atoms with Gasteiger partial charge < -0.3 is 36.6 Å². The molecule has 0 fully saturated rings. The van der Waals surface area contributed by atoms with Gasteiger partial charge in [0.1, 0.15) is 16.2 Å². The summed E-state index contributed by atoms with van der Waals surface area (Å²) in [7, 11) is 31.7. The van der Waals surface area contributed by atoms with Crippen molar-refractivity contribution in [1.82, 2.24) is 20.0 Å². The van der Waals surface area contributed by atoms with E-state index in [2.05, 4.69) is 130 Å². The molecular formula is C30H59BBrCs2F4N4O9P19. The van der Waals surface area contributed by atoms with Gasteiger partial charge in [-0.25, -0.2) is 17.6 Å². The molecule has 5 N–H and O–H groups in total. The van der Waals surface area contributed by atoms with E-state index in [0.29, 0.717) is 5.69 Å². The number of nitrogens with zero attached hydrogens (tertiary/aromatic N) is 3. The number of hydrogen-bond acceptors (Lipinski definition) is 11. The Morgan fingerprint density at radius 3 is 1.53 bits per heavy atom. The Balaban J connectivity index is -0.000000263. The van der Waals surface area contributed by atoms with Crippen molar-refractivity contribution in [2.75, 3.05) is 7.11 Å². The molecule has 70 heavy (non-hydrogen) atoms. The molecule has 0 aliphatic heterocycles. The number of nitrogens with one attached hydrogen (secondary N) is 1. The van der Waals surface area contributed by atoms with Gasteiger partial charge in [-0.1, -0.05) is 14.9 Å². The third-order valence-corrected chi connectivity index (χ3v) is 125. The van der Waals surface area contributed by atoms with Gasteiger partial charge in [-0.3, -0.25) is 19.4 Å². The molecular weight excluding hydrogens is 1580 g/mol. The van der Waals surface area contributed by atoms with Crippen molar-refractivity contribution in [3.8, 4) is 17.0 Å². The summed E-state index contributed by atoms with van der Waals surface area (Å²) in [5.74, 6) is -4.32. The first-order chi connectivity index (χ1) is 31.4. The first-order valence-corrected chi connectivity index (χ1v) is 52.8. The molecule has 0 amide bonds. The number of rotatable bonds is 16. The molecule has 0 spiro atoms. The number of aldehydes is 1. The minimum Gasteiger partial charge on any atom is -1.00 e. The largest absolute Gasteiger partial charge is 1.00 e. The Morgan fingerprint density at radius 2 is 1.27 bits per heavy atom. The van der Waals surface area contributed by atoms with E-state index in [1.165, 1.54) is 4.68 Å². The van der Waals surface area contributed by atoms with E-state index in [0.717, 1.165) is 50.4 Å². The third kappa shape index (κ3) is 37.4. The van der Waals surface area contributed by atoms with E-state index < -0.39 is 52.9 Å². The average Bonchev–Trinajstić information content (AvgIpc) is 3.91. The van der Waals surface area contributed by atoms with Crippen LogP contribution in [-0.2, 0) is 16.2 Å². The van der Waals surface area contributed by atoms with Gasteiger partial charge in [0.2, 0.25) is 0 Å². The van der Waals surface area contributed by atoms with Crippen LogP contribution in [0.3, 0.4) is 0 Å². The number of halogens is 5. The number of benzene rings is 2. The minimum atomic E-state index is -1.89. The molecule has 0 aliphatic rings. The van der Waals surface area contributed by atoms with Crippen molar-refractivity contribution in [2.24, 2.45) is 0 Å². The van der Waals surface area contributed by atoms with E-state index in [1.54, 1.807) is 46.2 Å². The van der Waals surface area contributed by atoms with Crippen molar-refractivity contribution < 1.29 is 202 Å². The molecule has 0 bridgehead atoms. The molecule has 4 aromatic rings. The number of aromatic nitrogens is 4. The fraction of sp³-hybridized carbons (Fsp3) is 0.333. The van der Waals surface area contributed by atoms with Gasteiger partial charge in [0, 0.05) is 18.0 Å². The quantitative estimate of drug-likeness (QED) is 0.0184. The molecule has 40 heteroatoms. The second-order valence-electron chi connectivity index (χ2n) is 13.6. The van der Waals surface area contributed by atoms with E-state index in [-0.39, 0.29) is 225 Å². The van der Waals surface area contributed by atoms with Crippen molar-refractivity contribution in [1.29, 1.82) is 0 Å². The molecule has 0 aliphatic carbocycles. The Morgan fingerprint density at radius 1 is 0.843 bits per heavy atom. The Hall–Kier alpha value is 8.14. The van der Waals surface area contributed by atoms with Gasteiger partial charge in [0.15, 0.2) is 23.7 Å². The van der Waals surface area contributed by atoms with Crippen LogP contribution in [-0.4, -0.2) is 78.4 Å². The fourth-order valence-corrected chi connectivity index (χ4v) is 223. The van der Waals surface area contributed by atoms with Crippen LogP contribution in [0.15, 0.2) is 53.4 Å². The number of carbonyl (C=O) groups excluding carboxylic acids is 2.